The van der Waals surface area contributed by atoms with E-state index in [1.54, 1.807) is 0 Å². The van der Waals surface area contributed by atoms with Gasteiger partial charge in [0.25, 0.3) is 0 Å². The zero-order chi connectivity index (χ0) is 25.0. The number of carbonyl (C=O) groups is 2. The Morgan fingerprint density at radius 3 is 2.38 bits per heavy atom. The number of ether oxygens (including phenoxy) is 3. The van der Waals surface area contributed by atoms with Gasteiger partial charge in [-0.2, -0.15) is 4.31 Å². The summed E-state index contributed by atoms with van der Waals surface area (Å²) in [6.45, 7) is 0.177. The van der Waals surface area contributed by atoms with E-state index < -0.39 is 27.8 Å². The molecule has 0 radical (unpaired) electrons. The van der Waals surface area contributed by atoms with Crippen molar-refractivity contribution in [3.05, 3.63) is 45.9 Å². The molecule has 3 rings (SSSR count). The molecule has 9 nitrogen and oxygen atoms in total. The molecular formula is C22H24Cl2N2O7S. The van der Waals surface area contributed by atoms with Gasteiger partial charge in [0.15, 0.2) is 11.5 Å². The van der Waals surface area contributed by atoms with E-state index in [0.29, 0.717) is 18.6 Å². The summed E-state index contributed by atoms with van der Waals surface area (Å²) in [6, 6.07) is 7.05. The lowest BCUT2D eigenvalue weighted by molar-refractivity contribution is -0.120. The van der Waals surface area contributed by atoms with E-state index in [9.17, 15) is 18.0 Å². The van der Waals surface area contributed by atoms with Crippen LogP contribution >= 0.6 is 23.2 Å². The Bertz CT molecular complexity index is 1200. The van der Waals surface area contributed by atoms with Crippen molar-refractivity contribution in [2.75, 3.05) is 39.7 Å². The van der Waals surface area contributed by atoms with Crippen molar-refractivity contribution in [1.29, 1.82) is 0 Å². The fraction of sp³-hybridized carbons (Fsp3) is 0.364. The standard InChI is InChI=1S/C22H24Cl2N2O7S/c1-31-18-10-15(22(28)33-3)17(11-19(18)32-2)25-21(27)13-5-4-8-26(12-13)34(29,30)20-9-14(23)6-7-16(20)24/h6-7,9-11,13H,4-5,8,12H2,1-3H3,(H,25,27)/t13-/m0/s1. The fourth-order valence-electron chi connectivity index (χ4n) is 3.68. The van der Waals surface area contributed by atoms with Gasteiger partial charge in [-0.15, -0.1) is 0 Å². The molecule has 0 spiro atoms. The lowest BCUT2D eigenvalue weighted by Crippen LogP contribution is -2.43. The first-order valence-electron chi connectivity index (χ1n) is 10.2. The van der Waals surface area contributed by atoms with E-state index >= 15 is 0 Å². The summed E-state index contributed by atoms with van der Waals surface area (Å²) in [6.07, 6.45) is 0.924. The van der Waals surface area contributed by atoms with Crippen molar-refractivity contribution < 1.29 is 32.2 Å². The highest BCUT2D eigenvalue weighted by atomic mass is 35.5. The molecule has 1 aliphatic rings. The third-order valence-electron chi connectivity index (χ3n) is 5.45. The first-order chi connectivity index (χ1) is 16.1. The quantitative estimate of drug-likeness (QED) is 0.541. The molecule has 1 aliphatic heterocycles. The number of hydrogen-bond acceptors (Lipinski definition) is 7. The minimum absolute atomic E-state index is 0.0454. The molecule has 0 aromatic heterocycles. The van der Waals surface area contributed by atoms with Crippen LogP contribution < -0.4 is 14.8 Å². The number of halogens is 2. The summed E-state index contributed by atoms with van der Waals surface area (Å²) in [5.41, 5.74) is 0.229. The molecule has 1 amide bonds. The number of nitrogens with one attached hydrogen (secondary N) is 1. The van der Waals surface area contributed by atoms with Crippen LogP contribution in [-0.4, -0.2) is 59.0 Å². The Balaban J connectivity index is 1.86. The van der Waals surface area contributed by atoms with E-state index in [0.717, 1.165) is 0 Å². The minimum atomic E-state index is -3.97. The first-order valence-corrected chi connectivity index (χ1v) is 12.4. The van der Waals surface area contributed by atoms with Crippen molar-refractivity contribution in [2.24, 2.45) is 5.92 Å². The van der Waals surface area contributed by atoms with Gasteiger partial charge < -0.3 is 19.5 Å². The van der Waals surface area contributed by atoms with Gasteiger partial charge in [0.2, 0.25) is 15.9 Å². The third kappa shape index (κ3) is 5.41. The smallest absolute Gasteiger partial charge is 0.340 e. The van der Waals surface area contributed by atoms with Crippen LogP contribution in [0.4, 0.5) is 5.69 Å². The maximum Gasteiger partial charge on any atom is 0.340 e. The van der Waals surface area contributed by atoms with Crippen molar-refractivity contribution >= 4 is 50.8 Å². The second kappa shape index (κ2) is 10.8. The number of esters is 1. The topological polar surface area (TPSA) is 111 Å². The molecule has 2 aromatic rings. The number of amides is 1. The lowest BCUT2D eigenvalue weighted by atomic mass is 9.98. The Kier molecular flexibility index (Phi) is 8.29. The summed E-state index contributed by atoms with van der Waals surface area (Å²) >= 11 is 12.1. The Morgan fingerprint density at radius 1 is 1.06 bits per heavy atom. The largest absolute Gasteiger partial charge is 0.493 e. The van der Waals surface area contributed by atoms with Crippen molar-refractivity contribution in [1.82, 2.24) is 4.31 Å². The van der Waals surface area contributed by atoms with Crippen molar-refractivity contribution in [3.8, 4) is 11.5 Å². The van der Waals surface area contributed by atoms with Gasteiger partial charge in [-0.25, -0.2) is 13.2 Å². The zero-order valence-electron chi connectivity index (χ0n) is 18.8. The number of carbonyl (C=O) groups excluding carboxylic acids is 2. The number of methoxy groups -OCH3 is 3. The summed E-state index contributed by atoms with van der Waals surface area (Å²) < 4.78 is 42.9. The lowest BCUT2D eigenvalue weighted by Gasteiger charge is -2.31. The van der Waals surface area contributed by atoms with Crippen molar-refractivity contribution in [3.63, 3.8) is 0 Å². The Morgan fingerprint density at radius 2 is 1.74 bits per heavy atom. The summed E-state index contributed by atoms with van der Waals surface area (Å²) in [7, 11) is 0.0841. The molecular weight excluding hydrogens is 507 g/mol. The maximum atomic E-state index is 13.2. The minimum Gasteiger partial charge on any atom is -0.493 e. The van der Waals surface area contributed by atoms with Crippen LogP contribution in [0.1, 0.15) is 23.2 Å². The number of piperidine rings is 1. The molecule has 1 heterocycles. The van der Waals surface area contributed by atoms with Crippen LogP contribution in [0.5, 0.6) is 11.5 Å². The van der Waals surface area contributed by atoms with Gasteiger partial charge in [0.1, 0.15) is 4.90 Å². The SMILES string of the molecule is COC(=O)c1cc(OC)c(OC)cc1NC(=O)[C@H]1CCCN(S(=O)(=O)c2cc(Cl)ccc2Cl)C1. The third-order valence-corrected chi connectivity index (χ3v) is 8.03. The van der Waals surface area contributed by atoms with Gasteiger partial charge in [-0.05, 0) is 31.0 Å². The van der Waals surface area contributed by atoms with Gasteiger partial charge in [0.05, 0.1) is 43.5 Å². The maximum absolute atomic E-state index is 13.2. The predicted octanol–water partition coefficient (Wildman–Crippen LogP) is 3.84. The number of hydrogen-bond donors (Lipinski definition) is 1. The Labute approximate surface area is 207 Å². The number of anilines is 1. The van der Waals surface area contributed by atoms with Crippen LogP contribution in [0, 0.1) is 5.92 Å². The molecule has 0 aliphatic carbocycles. The number of sulfonamides is 1. The van der Waals surface area contributed by atoms with Crippen molar-refractivity contribution in [2.45, 2.75) is 17.7 Å². The van der Waals surface area contributed by atoms with E-state index in [1.807, 2.05) is 0 Å². The number of nitrogens with zero attached hydrogens (tertiary/aromatic N) is 1. The molecule has 12 heteroatoms. The summed E-state index contributed by atoms with van der Waals surface area (Å²) in [4.78, 5) is 25.3. The van der Waals surface area contributed by atoms with Gasteiger partial charge in [-0.1, -0.05) is 23.2 Å². The number of benzene rings is 2. The highest BCUT2D eigenvalue weighted by molar-refractivity contribution is 7.89. The van der Waals surface area contributed by atoms with Gasteiger partial charge >= 0.3 is 5.97 Å². The van der Waals surface area contributed by atoms with Crippen LogP contribution in [0.25, 0.3) is 0 Å². The summed E-state index contributed by atoms with van der Waals surface area (Å²) in [5.74, 6) is -1.21. The van der Waals surface area contributed by atoms with Gasteiger partial charge in [-0.3, -0.25) is 4.79 Å². The fourth-order valence-corrected chi connectivity index (χ4v) is 5.95. The second-order valence-corrected chi connectivity index (χ2v) is 10.3. The molecule has 34 heavy (non-hydrogen) atoms. The predicted molar refractivity (Wildman–Crippen MR) is 127 cm³/mol. The highest BCUT2D eigenvalue weighted by Gasteiger charge is 2.35. The van der Waals surface area contributed by atoms with E-state index in [2.05, 4.69) is 5.32 Å². The highest BCUT2D eigenvalue weighted by Crippen LogP contribution is 2.35. The summed E-state index contributed by atoms with van der Waals surface area (Å²) in [5, 5.41) is 2.99. The average Bonchev–Trinajstić information content (AvgIpc) is 2.84. The normalized spacial score (nSPS) is 16.6. The molecule has 184 valence electrons. The molecule has 1 saturated heterocycles. The van der Waals surface area contributed by atoms with Crippen LogP contribution in [-0.2, 0) is 19.6 Å². The zero-order valence-corrected chi connectivity index (χ0v) is 21.1. The van der Waals surface area contributed by atoms with Crippen LogP contribution in [0.3, 0.4) is 0 Å². The average molecular weight is 531 g/mol. The van der Waals surface area contributed by atoms with E-state index in [4.69, 9.17) is 37.4 Å². The molecule has 2 aromatic carbocycles. The second-order valence-electron chi connectivity index (χ2n) is 7.51. The van der Waals surface area contributed by atoms with E-state index in [1.165, 1.54) is 56.0 Å². The molecule has 1 N–H and O–H groups in total. The molecule has 0 bridgehead atoms. The molecule has 0 unspecified atom stereocenters. The monoisotopic (exact) mass is 530 g/mol. The molecule has 1 fully saturated rings. The van der Waals surface area contributed by atoms with E-state index in [-0.39, 0.29) is 45.0 Å². The number of rotatable bonds is 7. The van der Waals surface area contributed by atoms with Gasteiger partial charge in [0, 0.05) is 30.2 Å². The first kappa shape index (κ1) is 26.1. The molecule has 0 saturated carbocycles. The Hall–Kier alpha value is -2.53. The van der Waals surface area contributed by atoms with Crippen LogP contribution in [0.15, 0.2) is 35.2 Å². The molecule has 1 atom stereocenters. The van der Waals surface area contributed by atoms with Crippen LogP contribution in [0.2, 0.25) is 10.0 Å².